The van der Waals surface area contributed by atoms with Crippen LogP contribution >= 0.6 is 0 Å². The average Bonchev–Trinajstić information content (AvgIpc) is 2.32. The highest BCUT2D eigenvalue weighted by molar-refractivity contribution is 5.34. The molecule has 18 heavy (non-hydrogen) atoms. The van der Waals surface area contributed by atoms with Crippen LogP contribution in [0.15, 0.2) is 18.2 Å². The van der Waals surface area contributed by atoms with E-state index in [1.165, 1.54) is 55.2 Å². The van der Waals surface area contributed by atoms with Crippen LogP contribution in [-0.2, 0) is 18.3 Å². The van der Waals surface area contributed by atoms with E-state index < -0.39 is 0 Å². The quantitative estimate of drug-likeness (QED) is 0.606. The molecule has 0 bridgehead atoms. The first-order valence-corrected chi connectivity index (χ1v) is 7.60. The number of hydrogen-bond donors (Lipinski definition) is 0. The van der Waals surface area contributed by atoms with Crippen LogP contribution in [0.25, 0.3) is 0 Å². The van der Waals surface area contributed by atoms with Crippen LogP contribution < -0.4 is 0 Å². The summed E-state index contributed by atoms with van der Waals surface area (Å²) in [7, 11) is 0. The topological polar surface area (TPSA) is 0 Å². The zero-order valence-electron chi connectivity index (χ0n) is 13.0. The Labute approximate surface area is 114 Å². The summed E-state index contributed by atoms with van der Waals surface area (Å²) in [5, 5.41) is 0. The van der Waals surface area contributed by atoms with Gasteiger partial charge >= 0.3 is 0 Å². The molecule has 0 aliphatic carbocycles. The van der Waals surface area contributed by atoms with E-state index in [1.54, 1.807) is 0 Å². The highest BCUT2D eigenvalue weighted by Crippen LogP contribution is 2.26. The second-order valence-electron chi connectivity index (χ2n) is 6.50. The van der Waals surface area contributed by atoms with Crippen molar-refractivity contribution >= 4 is 0 Å². The van der Waals surface area contributed by atoms with Crippen LogP contribution in [0, 0.1) is 0 Å². The lowest BCUT2D eigenvalue weighted by Gasteiger charge is -2.21. The van der Waals surface area contributed by atoms with Gasteiger partial charge in [-0.15, -0.1) is 0 Å². The van der Waals surface area contributed by atoms with Gasteiger partial charge in [-0.1, -0.05) is 65.7 Å². The van der Waals surface area contributed by atoms with Gasteiger partial charge in [-0.05, 0) is 47.8 Å². The smallest absolute Gasteiger partial charge is 0.0132 e. The van der Waals surface area contributed by atoms with Crippen molar-refractivity contribution < 1.29 is 0 Å². The van der Waals surface area contributed by atoms with E-state index >= 15 is 0 Å². The first kappa shape index (κ1) is 15.3. The molecule has 1 rings (SSSR count). The van der Waals surface area contributed by atoms with E-state index in [-0.39, 0.29) is 5.41 Å². The first-order valence-electron chi connectivity index (χ1n) is 7.60. The van der Waals surface area contributed by atoms with Crippen LogP contribution in [0.3, 0.4) is 0 Å². The molecule has 0 radical (unpaired) electrons. The molecule has 0 spiro atoms. The molecule has 0 amide bonds. The van der Waals surface area contributed by atoms with Crippen molar-refractivity contribution in [3.8, 4) is 0 Å². The molecule has 0 aliphatic heterocycles. The summed E-state index contributed by atoms with van der Waals surface area (Å²) in [6.07, 6.45) is 7.65. The molecule has 0 nitrogen and oxygen atoms in total. The van der Waals surface area contributed by atoms with Gasteiger partial charge in [-0.2, -0.15) is 0 Å². The Balaban J connectivity index is 2.96. The molecule has 0 aliphatic rings. The Morgan fingerprint density at radius 1 is 0.778 bits per heavy atom. The second-order valence-corrected chi connectivity index (χ2v) is 6.50. The largest absolute Gasteiger partial charge is 0.0654 e. The number of benzene rings is 1. The SMILES string of the molecule is CCCCc1cc(CCCC)cc(C(C)(C)C)c1. The number of hydrogen-bond acceptors (Lipinski definition) is 0. The van der Waals surface area contributed by atoms with E-state index in [0.717, 1.165) is 0 Å². The maximum absolute atomic E-state index is 2.43. The van der Waals surface area contributed by atoms with Gasteiger partial charge in [0.2, 0.25) is 0 Å². The Bertz CT molecular complexity index is 329. The van der Waals surface area contributed by atoms with Crippen LogP contribution in [-0.4, -0.2) is 0 Å². The second kappa shape index (κ2) is 6.97. The predicted octanol–water partition coefficient (Wildman–Crippen LogP) is 5.67. The first-order chi connectivity index (χ1) is 8.47. The minimum absolute atomic E-state index is 0.267. The van der Waals surface area contributed by atoms with E-state index in [4.69, 9.17) is 0 Å². The van der Waals surface area contributed by atoms with Crippen molar-refractivity contribution in [2.24, 2.45) is 0 Å². The normalized spacial score (nSPS) is 11.8. The van der Waals surface area contributed by atoms with Crippen LogP contribution in [0.1, 0.15) is 77.0 Å². The molecule has 0 heteroatoms. The zero-order valence-corrected chi connectivity index (χ0v) is 13.0. The molecule has 1 aromatic carbocycles. The summed E-state index contributed by atoms with van der Waals surface area (Å²) in [6, 6.07) is 7.27. The van der Waals surface area contributed by atoms with Crippen molar-refractivity contribution in [2.45, 2.75) is 78.6 Å². The third-order valence-electron chi connectivity index (χ3n) is 3.56. The van der Waals surface area contributed by atoms with Crippen LogP contribution in [0.2, 0.25) is 0 Å². The minimum atomic E-state index is 0.267. The Hall–Kier alpha value is -0.780. The van der Waals surface area contributed by atoms with E-state index in [0.29, 0.717) is 0 Å². The lowest BCUT2D eigenvalue weighted by Crippen LogP contribution is -2.12. The summed E-state index contributed by atoms with van der Waals surface area (Å²) in [5.74, 6) is 0. The summed E-state index contributed by atoms with van der Waals surface area (Å²) >= 11 is 0. The highest BCUT2D eigenvalue weighted by atomic mass is 14.2. The summed E-state index contributed by atoms with van der Waals surface area (Å²) in [4.78, 5) is 0. The summed E-state index contributed by atoms with van der Waals surface area (Å²) in [5.41, 5.74) is 4.84. The molecule has 0 unspecified atom stereocenters. The third-order valence-corrected chi connectivity index (χ3v) is 3.56. The fourth-order valence-corrected chi connectivity index (χ4v) is 2.25. The fraction of sp³-hybridized carbons (Fsp3) is 0.667. The molecule has 0 N–H and O–H groups in total. The lowest BCUT2D eigenvalue weighted by molar-refractivity contribution is 0.587. The standard InChI is InChI=1S/C18H30/c1-6-8-10-15-12-16(11-9-7-2)14-17(13-15)18(3,4)5/h12-14H,6-11H2,1-5H3. The molecular formula is C18H30. The van der Waals surface area contributed by atoms with Crippen LogP contribution in [0.4, 0.5) is 0 Å². The van der Waals surface area contributed by atoms with Crippen molar-refractivity contribution in [3.05, 3.63) is 34.9 Å². The van der Waals surface area contributed by atoms with Gasteiger partial charge in [0.15, 0.2) is 0 Å². The fourth-order valence-electron chi connectivity index (χ4n) is 2.25. The van der Waals surface area contributed by atoms with E-state index in [2.05, 4.69) is 52.8 Å². The highest BCUT2D eigenvalue weighted by Gasteiger charge is 2.15. The van der Waals surface area contributed by atoms with Crippen molar-refractivity contribution in [2.75, 3.05) is 0 Å². The van der Waals surface area contributed by atoms with Crippen molar-refractivity contribution in [1.29, 1.82) is 0 Å². The van der Waals surface area contributed by atoms with Gasteiger partial charge in [-0.25, -0.2) is 0 Å². The molecular weight excluding hydrogens is 216 g/mol. The number of unbranched alkanes of at least 4 members (excludes halogenated alkanes) is 2. The molecule has 0 fully saturated rings. The number of rotatable bonds is 6. The van der Waals surface area contributed by atoms with Gasteiger partial charge in [0.05, 0.1) is 0 Å². The van der Waals surface area contributed by atoms with E-state index in [1.807, 2.05) is 0 Å². The van der Waals surface area contributed by atoms with Gasteiger partial charge in [0, 0.05) is 0 Å². The van der Waals surface area contributed by atoms with Crippen molar-refractivity contribution in [3.63, 3.8) is 0 Å². The molecule has 102 valence electrons. The summed E-state index contributed by atoms with van der Waals surface area (Å²) < 4.78 is 0. The zero-order chi connectivity index (χ0) is 13.6. The average molecular weight is 246 g/mol. The maximum Gasteiger partial charge on any atom is -0.0132 e. The van der Waals surface area contributed by atoms with E-state index in [9.17, 15) is 0 Å². The molecule has 1 aromatic rings. The molecule has 0 aromatic heterocycles. The molecule has 0 saturated carbocycles. The maximum atomic E-state index is 2.43. The Morgan fingerprint density at radius 3 is 1.56 bits per heavy atom. The monoisotopic (exact) mass is 246 g/mol. The predicted molar refractivity (Wildman–Crippen MR) is 82.4 cm³/mol. The van der Waals surface area contributed by atoms with Gasteiger partial charge in [-0.3, -0.25) is 0 Å². The molecule has 0 heterocycles. The third kappa shape index (κ3) is 4.84. The lowest BCUT2D eigenvalue weighted by atomic mass is 9.84. The van der Waals surface area contributed by atoms with Gasteiger partial charge in [0.25, 0.3) is 0 Å². The Morgan fingerprint density at radius 2 is 1.22 bits per heavy atom. The van der Waals surface area contributed by atoms with Gasteiger partial charge in [0.1, 0.15) is 0 Å². The molecule has 0 saturated heterocycles. The molecule has 0 atom stereocenters. The van der Waals surface area contributed by atoms with Gasteiger partial charge < -0.3 is 0 Å². The summed E-state index contributed by atoms with van der Waals surface area (Å²) in [6.45, 7) is 11.5. The van der Waals surface area contributed by atoms with Crippen LogP contribution in [0.5, 0.6) is 0 Å². The van der Waals surface area contributed by atoms with Crippen molar-refractivity contribution in [1.82, 2.24) is 0 Å². The Kier molecular flexibility index (Phi) is 5.91. The number of aryl methyl sites for hydroxylation is 2. The minimum Gasteiger partial charge on any atom is -0.0654 e.